The molecule has 3 aromatic rings. The minimum Gasteiger partial charge on any atom is -0.355 e. The summed E-state index contributed by atoms with van der Waals surface area (Å²) in [4.78, 5) is 29.4. The van der Waals surface area contributed by atoms with E-state index in [0.29, 0.717) is 17.9 Å². The Morgan fingerprint density at radius 2 is 1.81 bits per heavy atom. The van der Waals surface area contributed by atoms with Crippen molar-refractivity contribution in [3.63, 3.8) is 0 Å². The number of amides is 2. The number of fused-ring (bicyclic) bond motifs is 1. The van der Waals surface area contributed by atoms with Crippen LogP contribution in [0.25, 0.3) is 11.0 Å². The number of imidazole rings is 1. The van der Waals surface area contributed by atoms with E-state index >= 15 is 0 Å². The van der Waals surface area contributed by atoms with Crippen LogP contribution in [0.4, 0.5) is 0 Å². The van der Waals surface area contributed by atoms with Gasteiger partial charge < -0.3 is 15.2 Å². The van der Waals surface area contributed by atoms with Crippen LogP contribution in [-0.4, -0.2) is 27.9 Å². The van der Waals surface area contributed by atoms with Crippen LogP contribution in [0.1, 0.15) is 41.6 Å². The quantitative estimate of drug-likeness (QED) is 0.706. The third-order valence-corrected chi connectivity index (χ3v) is 4.41. The molecule has 1 heterocycles. The number of benzene rings is 2. The molecular formula is C21H24N4O2. The number of hydrogen-bond donors (Lipinski definition) is 2. The summed E-state index contributed by atoms with van der Waals surface area (Å²) in [7, 11) is 0. The fraction of sp³-hybridized carbons (Fsp3) is 0.286. The van der Waals surface area contributed by atoms with E-state index in [9.17, 15) is 9.59 Å². The minimum absolute atomic E-state index is 0.0843. The Morgan fingerprint density at radius 3 is 2.52 bits per heavy atom. The number of rotatable bonds is 6. The van der Waals surface area contributed by atoms with Gasteiger partial charge in [-0.1, -0.05) is 29.8 Å². The monoisotopic (exact) mass is 364 g/mol. The van der Waals surface area contributed by atoms with Gasteiger partial charge in [-0.25, -0.2) is 4.98 Å². The van der Waals surface area contributed by atoms with Crippen LogP contribution in [0.5, 0.6) is 0 Å². The van der Waals surface area contributed by atoms with Crippen LogP contribution in [0.2, 0.25) is 0 Å². The predicted octanol–water partition coefficient (Wildman–Crippen LogP) is 2.97. The fourth-order valence-corrected chi connectivity index (χ4v) is 3.04. The van der Waals surface area contributed by atoms with E-state index in [0.717, 1.165) is 16.6 Å². The van der Waals surface area contributed by atoms with Crippen LogP contribution < -0.4 is 10.6 Å². The Labute approximate surface area is 158 Å². The molecule has 140 valence electrons. The normalized spacial score (nSPS) is 12.0. The second-order valence-corrected chi connectivity index (χ2v) is 6.56. The Morgan fingerprint density at radius 1 is 1.11 bits per heavy atom. The van der Waals surface area contributed by atoms with Crippen molar-refractivity contribution >= 4 is 22.8 Å². The average Bonchev–Trinajstić information content (AvgIpc) is 3.01. The van der Waals surface area contributed by atoms with Gasteiger partial charge >= 0.3 is 0 Å². The van der Waals surface area contributed by atoms with E-state index in [-0.39, 0.29) is 24.4 Å². The predicted molar refractivity (Wildman–Crippen MR) is 105 cm³/mol. The highest BCUT2D eigenvalue weighted by molar-refractivity contribution is 5.94. The second-order valence-electron chi connectivity index (χ2n) is 6.56. The smallest absolute Gasteiger partial charge is 0.251 e. The van der Waals surface area contributed by atoms with Crippen LogP contribution in [-0.2, 0) is 11.3 Å². The first-order valence-electron chi connectivity index (χ1n) is 9.09. The molecule has 6 heteroatoms. The van der Waals surface area contributed by atoms with Gasteiger partial charge in [-0.05, 0) is 45.0 Å². The SMILES string of the molecule is CCNC(=O)Cn1c(C(C)NC(=O)c2ccc(C)cc2)nc2ccccc21. The van der Waals surface area contributed by atoms with Crippen molar-refractivity contribution in [2.24, 2.45) is 0 Å². The van der Waals surface area contributed by atoms with Gasteiger partial charge in [0.1, 0.15) is 12.4 Å². The van der Waals surface area contributed by atoms with Gasteiger partial charge in [-0.2, -0.15) is 0 Å². The van der Waals surface area contributed by atoms with E-state index < -0.39 is 0 Å². The lowest BCUT2D eigenvalue weighted by Gasteiger charge is -2.16. The summed E-state index contributed by atoms with van der Waals surface area (Å²) in [5, 5.41) is 5.80. The van der Waals surface area contributed by atoms with Crippen LogP contribution in [0.15, 0.2) is 48.5 Å². The number of carbonyl (C=O) groups is 2. The molecule has 0 saturated heterocycles. The molecule has 0 saturated carbocycles. The van der Waals surface area contributed by atoms with Crippen molar-refractivity contribution < 1.29 is 9.59 Å². The maximum absolute atomic E-state index is 12.6. The Balaban J connectivity index is 1.88. The number of aromatic nitrogens is 2. The molecule has 2 amide bonds. The van der Waals surface area contributed by atoms with Gasteiger partial charge in [0.2, 0.25) is 5.91 Å². The standard InChI is InChI=1S/C21H24N4O2/c1-4-22-19(26)13-25-18-8-6-5-7-17(18)24-20(25)15(3)23-21(27)16-11-9-14(2)10-12-16/h5-12,15H,4,13H2,1-3H3,(H,22,26)(H,23,27). The summed E-state index contributed by atoms with van der Waals surface area (Å²) in [6.45, 7) is 6.47. The van der Waals surface area contributed by atoms with E-state index in [4.69, 9.17) is 0 Å². The lowest BCUT2D eigenvalue weighted by molar-refractivity contribution is -0.121. The summed E-state index contributed by atoms with van der Waals surface area (Å²) < 4.78 is 1.86. The van der Waals surface area contributed by atoms with Crippen molar-refractivity contribution in [1.29, 1.82) is 0 Å². The molecule has 1 unspecified atom stereocenters. The van der Waals surface area contributed by atoms with Crippen molar-refractivity contribution in [2.45, 2.75) is 33.4 Å². The molecule has 2 aromatic carbocycles. The Kier molecular flexibility index (Phi) is 5.54. The molecule has 1 atom stereocenters. The maximum Gasteiger partial charge on any atom is 0.251 e. The Hall–Kier alpha value is -3.15. The molecule has 0 aliphatic carbocycles. The molecule has 0 aliphatic heterocycles. The number of aryl methyl sites for hydroxylation is 1. The van der Waals surface area contributed by atoms with E-state index in [2.05, 4.69) is 15.6 Å². The lowest BCUT2D eigenvalue weighted by Crippen LogP contribution is -2.31. The third kappa shape index (κ3) is 4.16. The molecule has 0 spiro atoms. The summed E-state index contributed by atoms with van der Waals surface area (Å²) in [6, 6.07) is 14.7. The Bertz CT molecular complexity index is 960. The molecule has 2 N–H and O–H groups in total. The zero-order valence-electron chi connectivity index (χ0n) is 15.8. The molecule has 0 fully saturated rings. The molecular weight excluding hydrogens is 340 g/mol. The highest BCUT2D eigenvalue weighted by Crippen LogP contribution is 2.21. The van der Waals surface area contributed by atoms with Gasteiger partial charge in [0.05, 0.1) is 17.1 Å². The van der Waals surface area contributed by atoms with E-state index in [1.807, 2.05) is 61.7 Å². The summed E-state index contributed by atoms with van der Waals surface area (Å²) in [6.07, 6.45) is 0. The average molecular weight is 364 g/mol. The van der Waals surface area contributed by atoms with Crippen LogP contribution >= 0.6 is 0 Å². The molecule has 0 radical (unpaired) electrons. The number of para-hydroxylation sites is 2. The first-order valence-corrected chi connectivity index (χ1v) is 9.09. The number of likely N-dealkylation sites (N-methyl/N-ethyl adjacent to an activating group) is 1. The van der Waals surface area contributed by atoms with Crippen molar-refractivity contribution in [3.8, 4) is 0 Å². The highest BCUT2D eigenvalue weighted by atomic mass is 16.2. The minimum atomic E-state index is -0.347. The molecule has 0 bridgehead atoms. The van der Waals surface area contributed by atoms with Gasteiger partial charge in [-0.3, -0.25) is 9.59 Å². The highest BCUT2D eigenvalue weighted by Gasteiger charge is 2.20. The zero-order valence-corrected chi connectivity index (χ0v) is 15.8. The molecule has 27 heavy (non-hydrogen) atoms. The fourth-order valence-electron chi connectivity index (χ4n) is 3.04. The number of nitrogens with zero attached hydrogens (tertiary/aromatic N) is 2. The van der Waals surface area contributed by atoms with Gasteiger partial charge in [0.25, 0.3) is 5.91 Å². The van der Waals surface area contributed by atoms with Gasteiger partial charge in [0, 0.05) is 12.1 Å². The van der Waals surface area contributed by atoms with Gasteiger partial charge in [0.15, 0.2) is 0 Å². The first-order chi connectivity index (χ1) is 13.0. The van der Waals surface area contributed by atoms with Crippen LogP contribution in [0, 0.1) is 6.92 Å². The van der Waals surface area contributed by atoms with Crippen molar-refractivity contribution in [3.05, 3.63) is 65.5 Å². The van der Waals surface area contributed by atoms with Crippen LogP contribution in [0.3, 0.4) is 0 Å². The lowest BCUT2D eigenvalue weighted by atomic mass is 10.1. The number of hydrogen-bond acceptors (Lipinski definition) is 3. The third-order valence-electron chi connectivity index (χ3n) is 4.41. The zero-order chi connectivity index (χ0) is 19.4. The second kappa shape index (κ2) is 8.03. The van der Waals surface area contributed by atoms with E-state index in [1.165, 1.54) is 0 Å². The molecule has 6 nitrogen and oxygen atoms in total. The molecule has 3 rings (SSSR count). The summed E-state index contributed by atoms with van der Waals surface area (Å²) in [5.74, 6) is 0.404. The largest absolute Gasteiger partial charge is 0.355 e. The summed E-state index contributed by atoms with van der Waals surface area (Å²) in [5.41, 5.74) is 3.37. The first kappa shape index (κ1) is 18.6. The van der Waals surface area contributed by atoms with Crippen molar-refractivity contribution in [2.75, 3.05) is 6.54 Å². The molecule has 1 aromatic heterocycles. The topological polar surface area (TPSA) is 76.0 Å². The maximum atomic E-state index is 12.6. The summed E-state index contributed by atoms with van der Waals surface area (Å²) >= 11 is 0. The van der Waals surface area contributed by atoms with Crippen molar-refractivity contribution in [1.82, 2.24) is 20.2 Å². The molecule has 0 aliphatic rings. The van der Waals surface area contributed by atoms with E-state index in [1.54, 1.807) is 12.1 Å². The van der Waals surface area contributed by atoms with Gasteiger partial charge in [-0.15, -0.1) is 0 Å². The number of carbonyl (C=O) groups excluding carboxylic acids is 2. The number of nitrogens with one attached hydrogen (secondary N) is 2.